The van der Waals surface area contributed by atoms with Crippen molar-refractivity contribution in [2.75, 3.05) is 0 Å². The maximum Gasteiger partial charge on any atom is 0.157 e. The van der Waals surface area contributed by atoms with Gasteiger partial charge >= 0.3 is 0 Å². The minimum absolute atomic E-state index is 0.252. The number of hydrogen-bond donors (Lipinski definition) is 2. The van der Waals surface area contributed by atoms with Crippen molar-refractivity contribution in [1.82, 2.24) is 0 Å². The summed E-state index contributed by atoms with van der Waals surface area (Å²) in [6, 6.07) is 2.00. The molecule has 5 heteroatoms. The van der Waals surface area contributed by atoms with Crippen LogP contribution in [-0.4, -0.2) is 8.76 Å². The van der Waals surface area contributed by atoms with E-state index in [1.165, 1.54) is 28.4 Å². The third kappa shape index (κ3) is 3.85. The van der Waals surface area contributed by atoms with E-state index < -0.39 is 22.0 Å². The average Bonchev–Trinajstić information content (AvgIpc) is 3.03. The molecule has 0 aliphatic carbocycles. The number of thiol groups is 1. The Bertz CT molecular complexity index is 531. The van der Waals surface area contributed by atoms with Crippen molar-refractivity contribution in [3.63, 3.8) is 0 Å². The minimum atomic E-state index is -1.76. The second-order valence-electron chi connectivity index (χ2n) is 5.06. The van der Waals surface area contributed by atoms with Crippen LogP contribution in [0.2, 0.25) is 0 Å². The second kappa shape index (κ2) is 7.59. The summed E-state index contributed by atoms with van der Waals surface area (Å²) in [6.45, 7) is 4.53. The van der Waals surface area contributed by atoms with Gasteiger partial charge in [-0.1, -0.05) is 38.8 Å². The van der Waals surface area contributed by atoms with Gasteiger partial charge in [0.1, 0.15) is 0 Å². The molecule has 3 atom stereocenters. The van der Waals surface area contributed by atoms with Gasteiger partial charge < -0.3 is 4.55 Å². The highest BCUT2D eigenvalue weighted by atomic mass is 32.2. The van der Waals surface area contributed by atoms with Crippen LogP contribution in [0.1, 0.15) is 38.7 Å². The third-order valence-corrected chi connectivity index (χ3v) is 8.06. The van der Waals surface area contributed by atoms with Crippen molar-refractivity contribution in [2.24, 2.45) is 5.92 Å². The topological polar surface area (TPSA) is 37.3 Å². The first-order valence-electron chi connectivity index (χ1n) is 6.95. The summed E-state index contributed by atoms with van der Waals surface area (Å²) in [7, 11) is -0.420. The zero-order chi connectivity index (χ0) is 14.5. The van der Waals surface area contributed by atoms with Gasteiger partial charge in [0.2, 0.25) is 0 Å². The van der Waals surface area contributed by atoms with Crippen molar-refractivity contribution in [3.05, 3.63) is 39.5 Å². The zero-order valence-corrected chi connectivity index (χ0v) is 14.4. The van der Waals surface area contributed by atoms with Crippen LogP contribution in [0.3, 0.4) is 0 Å². The fourth-order valence-electron chi connectivity index (χ4n) is 2.42. The number of allylic oxidation sites excluding steroid dienone is 3. The molecule has 1 N–H and O–H groups in total. The van der Waals surface area contributed by atoms with Gasteiger partial charge in [-0.05, 0) is 39.7 Å². The van der Waals surface area contributed by atoms with Crippen molar-refractivity contribution in [2.45, 2.75) is 43.1 Å². The van der Waals surface area contributed by atoms with E-state index >= 15 is 0 Å². The molecule has 20 heavy (non-hydrogen) atoms. The van der Waals surface area contributed by atoms with E-state index in [1.54, 1.807) is 11.3 Å². The molecular weight excluding hydrogens is 308 g/mol. The molecule has 0 bridgehead atoms. The standard InChI is InChI=1S/C15H22O2S3/c1-3-4-6-12(2)14-7-5-10-19(14)15-13(8-9-18-15)11-20(16)17/h5,7-10,12,19H,3-4,6,11H2,1-2H3,(H,16,17). The largest absolute Gasteiger partial charge is 0.306 e. The Morgan fingerprint density at radius 2 is 2.30 bits per heavy atom. The fourth-order valence-corrected chi connectivity index (χ4v) is 7.03. The van der Waals surface area contributed by atoms with Crippen molar-refractivity contribution in [3.8, 4) is 0 Å². The molecule has 0 amide bonds. The lowest BCUT2D eigenvalue weighted by molar-refractivity contribution is 0.563. The van der Waals surface area contributed by atoms with Gasteiger partial charge in [0.25, 0.3) is 0 Å². The number of rotatable bonds is 7. The van der Waals surface area contributed by atoms with E-state index in [4.69, 9.17) is 4.55 Å². The first-order valence-corrected chi connectivity index (χ1v) is 10.5. The second-order valence-corrected chi connectivity index (χ2v) is 9.22. The van der Waals surface area contributed by atoms with Gasteiger partial charge in [-0.3, -0.25) is 0 Å². The summed E-state index contributed by atoms with van der Waals surface area (Å²) < 4.78 is 21.5. The van der Waals surface area contributed by atoms with Crippen molar-refractivity contribution < 1.29 is 8.76 Å². The highest BCUT2D eigenvalue weighted by Gasteiger charge is 2.22. The summed E-state index contributed by atoms with van der Waals surface area (Å²) in [5, 5.41) is 4.32. The maximum absolute atomic E-state index is 11.1. The molecule has 1 aliphatic heterocycles. The Hall–Kier alpha value is -0.360. The van der Waals surface area contributed by atoms with Crippen LogP contribution in [0.15, 0.2) is 38.1 Å². The van der Waals surface area contributed by atoms with Crippen molar-refractivity contribution >= 4 is 33.3 Å². The molecule has 2 nitrogen and oxygen atoms in total. The lowest BCUT2D eigenvalue weighted by Gasteiger charge is -2.23. The van der Waals surface area contributed by atoms with Crippen LogP contribution in [-0.2, 0) is 16.8 Å². The lowest BCUT2D eigenvalue weighted by Crippen LogP contribution is -2.00. The van der Waals surface area contributed by atoms with Crippen LogP contribution in [0.4, 0.5) is 0 Å². The molecule has 2 heterocycles. The molecular formula is C15H22O2S3. The van der Waals surface area contributed by atoms with Crippen LogP contribution in [0.5, 0.6) is 0 Å². The van der Waals surface area contributed by atoms with E-state index in [1.807, 2.05) is 11.4 Å². The highest BCUT2D eigenvalue weighted by molar-refractivity contribution is 8.24. The van der Waals surface area contributed by atoms with Gasteiger partial charge in [-0.15, -0.1) is 11.3 Å². The van der Waals surface area contributed by atoms with Gasteiger partial charge in [0.05, 0.1) is 9.96 Å². The maximum atomic E-state index is 11.1. The highest BCUT2D eigenvalue weighted by Crippen LogP contribution is 2.55. The molecule has 2 rings (SSSR count). The normalized spacial score (nSPS) is 22.8. The van der Waals surface area contributed by atoms with Gasteiger partial charge in [0.15, 0.2) is 11.1 Å². The first-order chi connectivity index (χ1) is 9.63. The zero-order valence-electron chi connectivity index (χ0n) is 11.9. The molecule has 1 aromatic heterocycles. The summed E-state index contributed by atoms with van der Waals surface area (Å²) >= 11 is -0.0336. The molecule has 0 spiro atoms. The monoisotopic (exact) mass is 330 g/mol. The Balaban J connectivity index is 2.16. The molecule has 1 aliphatic rings. The Kier molecular flexibility index (Phi) is 6.08. The van der Waals surface area contributed by atoms with Gasteiger partial charge in [-0.2, -0.15) is 10.9 Å². The van der Waals surface area contributed by atoms with Crippen LogP contribution >= 0.6 is 22.2 Å². The summed E-state index contributed by atoms with van der Waals surface area (Å²) in [4.78, 5) is 1.51. The Labute approximate surface area is 130 Å². The SMILES string of the molecule is CCCCC(C)C1=CC=C[SH]1c1sccc1CS(=O)O. The quantitative estimate of drug-likeness (QED) is 0.541. The number of hydrogen-bond acceptors (Lipinski definition) is 2. The predicted molar refractivity (Wildman–Crippen MR) is 92.0 cm³/mol. The Morgan fingerprint density at radius 1 is 1.50 bits per heavy atom. The molecule has 0 aromatic carbocycles. The van der Waals surface area contributed by atoms with E-state index in [9.17, 15) is 4.21 Å². The Morgan fingerprint density at radius 3 is 3.00 bits per heavy atom. The minimum Gasteiger partial charge on any atom is -0.306 e. The molecule has 112 valence electrons. The van der Waals surface area contributed by atoms with E-state index in [-0.39, 0.29) is 5.75 Å². The van der Waals surface area contributed by atoms with Crippen LogP contribution in [0, 0.1) is 5.92 Å². The van der Waals surface area contributed by atoms with Crippen molar-refractivity contribution in [1.29, 1.82) is 0 Å². The molecule has 0 saturated heterocycles. The molecule has 3 unspecified atom stereocenters. The number of unbranched alkanes of at least 4 members (excludes halogenated alkanes) is 1. The lowest BCUT2D eigenvalue weighted by atomic mass is 10.0. The third-order valence-electron chi connectivity index (χ3n) is 3.50. The van der Waals surface area contributed by atoms with Gasteiger partial charge in [-0.25, -0.2) is 4.21 Å². The van der Waals surface area contributed by atoms with Crippen LogP contribution < -0.4 is 0 Å². The first kappa shape index (κ1) is 16.0. The van der Waals surface area contributed by atoms with E-state index in [0.29, 0.717) is 5.92 Å². The molecule has 0 saturated carbocycles. The molecule has 0 fully saturated rings. The summed E-state index contributed by atoms with van der Waals surface area (Å²) in [5.74, 6) is 0.855. The fraction of sp³-hybridized carbons (Fsp3) is 0.467. The summed E-state index contributed by atoms with van der Waals surface area (Å²) in [6.07, 6.45) is 8.14. The number of thiophene rings is 1. The predicted octanol–water partition coefficient (Wildman–Crippen LogP) is 5.07. The van der Waals surface area contributed by atoms with Crippen LogP contribution in [0.25, 0.3) is 0 Å². The molecule has 1 aromatic rings. The van der Waals surface area contributed by atoms with E-state index in [2.05, 4.69) is 31.4 Å². The van der Waals surface area contributed by atoms with Gasteiger partial charge in [0, 0.05) is 0 Å². The van der Waals surface area contributed by atoms with E-state index in [0.717, 1.165) is 5.56 Å². The molecule has 0 radical (unpaired) electrons. The summed E-state index contributed by atoms with van der Waals surface area (Å²) in [5.41, 5.74) is 1.04. The smallest absolute Gasteiger partial charge is 0.157 e. The average molecular weight is 331 g/mol.